The van der Waals surface area contributed by atoms with Gasteiger partial charge in [0, 0.05) is 0 Å². The van der Waals surface area contributed by atoms with Crippen LogP contribution in [0.3, 0.4) is 0 Å². The summed E-state index contributed by atoms with van der Waals surface area (Å²) in [4.78, 5) is -0.0665. The number of benzene rings is 1. The molecule has 20 heavy (non-hydrogen) atoms. The zero-order chi connectivity index (χ0) is 15.2. The first-order valence-electron chi connectivity index (χ1n) is 6.77. The van der Waals surface area contributed by atoms with Crippen molar-refractivity contribution >= 4 is 10.0 Å². The number of unbranched alkanes of at least 4 members (excludes halogenated alkanes) is 2. The third-order valence-corrected chi connectivity index (χ3v) is 4.85. The lowest BCUT2D eigenvalue weighted by atomic mass is 10.1. The summed E-state index contributed by atoms with van der Waals surface area (Å²) >= 11 is 0. The van der Waals surface area contributed by atoms with Gasteiger partial charge in [-0.15, -0.1) is 4.48 Å². The van der Waals surface area contributed by atoms with E-state index in [0.29, 0.717) is 12.2 Å². The molecule has 6 heteroatoms. The first-order chi connectivity index (χ1) is 9.43. The van der Waals surface area contributed by atoms with Crippen molar-refractivity contribution in [3.63, 3.8) is 0 Å². The van der Waals surface area contributed by atoms with Crippen LogP contribution in [0.4, 0.5) is 4.48 Å². The minimum atomic E-state index is -4.09. The van der Waals surface area contributed by atoms with E-state index >= 15 is 0 Å². The molecule has 0 N–H and O–H groups in total. The lowest BCUT2D eigenvalue weighted by Crippen LogP contribution is -2.31. The van der Waals surface area contributed by atoms with E-state index in [1.807, 2.05) is 6.92 Å². The Morgan fingerprint density at radius 3 is 2.35 bits per heavy atom. The monoisotopic (exact) mass is 303 g/mol. The number of rotatable bonds is 8. The lowest BCUT2D eigenvalue weighted by molar-refractivity contribution is 0.0870. The van der Waals surface area contributed by atoms with Gasteiger partial charge in [0.05, 0.1) is 18.0 Å². The predicted octanol–water partition coefficient (Wildman–Crippen LogP) is 3.54. The SMILES string of the molecule is CCCCCC(C)N(F)S(=O)(=O)c1ccc(OC)cc1. The molecule has 0 radical (unpaired) electrons. The van der Waals surface area contributed by atoms with Crippen molar-refractivity contribution < 1.29 is 17.6 Å². The maximum absolute atomic E-state index is 14.1. The topological polar surface area (TPSA) is 46.6 Å². The molecule has 0 amide bonds. The molecule has 1 rings (SSSR count). The number of nitrogens with zero attached hydrogens (tertiary/aromatic N) is 1. The van der Waals surface area contributed by atoms with E-state index in [1.165, 1.54) is 31.4 Å². The fraction of sp³-hybridized carbons (Fsp3) is 0.571. The van der Waals surface area contributed by atoms with E-state index in [0.717, 1.165) is 19.3 Å². The van der Waals surface area contributed by atoms with Gasteiger partial charge in [-0.1, -0.05) is 26.2 Å². The lowest BCUT2D eigenvalue weighted by Gasteiger charge is -2.19. The second-order valence-corrected chi connectivity index (χ2v) is 6.54. The zero-order valence-electron chi connectivity index (χ0n) is 12.2. The molecular weight excluding hydrogens is 281 g/mol. The number of ether oxygens (including phenoxy) is 1. The number of halogens is 1. The molecule has 1 atom stereocenters. The Balaban J connectivity index is 2.80. The molecule has 114 valence electrons. The molecule has 0 bridgehead atoms. The van der Waals surface area contributed by atoms with E-state index in [9.17, 15) is 12.9 Å². The quantitative estimate of drug-likeness (QED) is 0.545. The summed E-state index contributed by atoms with van der Waals surface area (Å²) in [5.74, 6) is 0.533. The fourth-order valence-corrected chi connectivity index (χ4v) is 3.14. The molecule has 1 unspecified atom stereocenters. The van der Waals surface area contributed by atoms with Gasteiger partial charge in [-0.2, -0.15) is 0 Å². The Hall–Kier alpha value is -1.14. The Kier molecular flexibility index (Phi) is 6.42. The van der Waals surface area contributed by atoms with Crippen LogP contribution in [-0.4, -0.2) is 26.1 Å². The van der Waals surface area contributed by atoms with Crippen molar-refractivity contribution in [2.45, 2.75) is 50.5 Å². The van der Waals surface area contributed by atoms with Gasteiger partial charge in [0.1, 0.15) is 5.75 Å². The van der Waals surface area contributed by atoms with Crippen LogP contribution < -0.4 is 4.74 Å². The highest BCUT2D eigenvalue weighted by molar-refractivity contribution is 7.89. The van der Waals surface area contributed by atoms with Gasteiger partial charge >= 0.3 is 0 Å². The van der Waals surface area contributed by atoms with Gasteiger partial charge < -0.3 is 4.74 Å². The van der Waals surface area contributed by atoms with Crippen molar-refractivity contribution in [2.24, 2.45) is 0 Å². The zero-order valence-corrected chi connectivity index (χ0v) is 13.0. The molecule has 0 saturated heterocycles. The van der Waals surface area contributed by atoms with E-state index in [4.69, 9.17) is 4.74 Å². The molecule has 0 fully saturated rings. The molecule has 0 saturated carbocycles. The van der Waals surface area contributed by atoms with Crippen LogP contribution in [0.1, 0.15) is 39.5 Å². The van der Waals surface area contributed by atoms with Crippen LogP contribution in [-0.2, 0) is 10.0 Å². The Morgan fingerprint density at radius 1 is 1.25 bits per heavy atom. The van der Waals surface area contributed by atoms with Crippen molar-refractivity contribution in [2.75, 3.05) is 7.11 Å². The molecule has 1 aromatic carbocycles. The predicted molar refractivity (Wildman–Crippen MR) is 76.7 cm³/mol. The summed E-state index contributed by atoms with van der Waals surface area (Å²) in [6.07, 6.45) is 3.32. The van der Waals surface area contributed by atoms with E-state index in [2.05, 4.69) is 0 Å². The van der Waals surface area contributed by atoms with Crippen LogP contribution >= 0.6 is 0 Å². The van der Waals surface area contributed by atoms with Crippen LogP contribution in [0.5, 0.6) is 5.75 Å². The highest BCUT2D eigenvalue weighted by atomic mass is 32.2. The summed E-state index contributed by atoms with van der Waals surface area (Å²) in [6, 6.07) is 5.04. The smallest absolute Gasteiger partial charge is 0.269 e. The van der Waals surface area contributed by atoms with Crippen LogP contribution in [0.15, 0.2) is 29.2 Å². The fourth-order valence-electron chi connectivity index (χ4n) is 1.88. The number of hydrogen-bond donors (Lipinski definition) is 0. The summed E-state index contributed by atoms with van der Waals surface area (Å²) in [6.45, 7) is 3.63. The highest BCUT2D eigenvalue weighted by Gasteiger charge is 2.29. The Morgan fingerprint density at radius 2 is 1.85 bits per heavy atom. The van der Waals surface area contributed by atoms with Gasteiger partial charge in [-0.25, -0.2) is 8.42 Å². The van der Waals surface area contributed by atoms with Crippen molar-refractivity contribution in [1.29, 1.82) is 0 Å². The van der Waals surface area contributed by atoms with Gasteiger partial charge in [0.25, 0.3) is 10.0 Å². The van der Waals surface area contributed by atoms with Gasteiger partial charge in [-0.05, 0) is 42.1 Å². The summed E-state index contributed by atoms with van der Waals surface area (Å²) in [7, 11) is -2.60. The molecule has 0 aromatic heterocycles. The maximum Gasteiger partial charge on any atom is 0.269 e. The maximum atomic E-state index is 14.1. The van der Waals surface area contributed by atoms with Crippen LogP contribution in [0.25, 0.3) is 0 Å². The van der Waals surface area contributed by atoms with Gasteiger partial charge in [0.15, 0.2) is 0 Å². The van der Waals surface area contributed by atoms with Crippen LogP contribution in [0.2, 0.25) is 0 Å². The molecule has 4 nitrogen and oxygen atoms in total. The second-order valence-electron chi connectivity index (χ2n) is 4.77. The molecule has 0 spiro atoms. The minimum Gasteiger partial charge on any atom is -0.497 e. The Bertz CT molecular complexity index is 502. The van der Waals surface area contributed by atoms with Crippen molar-refractivity contribution in [3.05, 3.63) is 24.3 Å². The average Bonchev–Trinajstić information content (AvgIpc) is 2.46. The molecule has 0 aliphatic carbocycles. The first kappa shape index (κ1) is 16.9. The van der Waals surface area contributed by atoms with E-state index < -0.39 is 16.1 Å². The highest BCUT2D eigenvalue weighted by Crippen LogP contribution is 2.23. The molecular formula is C14H22FNO3S. The standard InChI is InChI=1S/C14H22FNO3S/c1-4-5-6-7-12(2)16(15)20(17,18)14-10-8-13(19-3)9-11-14/h8-12H,4-7H2,1-3H3. The second kappa shape index (κ2) is 7.59. The normalized spacial score (nSPS) is 13.4. The summed E-state index contributed by atoms with van der Waals surface area (Å²) in [5.41, 5.74) is 0. The summed E-state index contributed by atoms with van der Waals surface area (Å²) < 4.78 is 43.2. The number of sulfonamides is 1. The van der Waals surface area contributed by atoms with E-state index in [-0.39, 0.29) is 9.42 Å². The van der Waals surface area contributed by atoms with Gasteiger partial charge in [-0.3, -0.25) is 0 Å². The third-order valence-electron chi connectivity index (χ3n) is 3.16. The van der Waals surface area contributed by atoms with Crippen LogP contribution in [0, 0.1) is 0 Å². The van der Waals surface area contributed by atoms with Gasteiger partial charge in [0.2, 0.25) is 0 Å². The molecule has 0 heterocycles. The molecule has 1 aromatic rings. The van der Waals surface area contributed by atoms with E-state index in [1.54, 1.807) is 6.92 Å². The minimum absolute atomic E-state index is 0.0372. The molecule has 0 aliphatic heterocycles. The number of hydrogen-bond acceptors (Lipinski definition) is 3. The summed E-state index contributed by atoms with van der Waals surface area (Å²) in [5, 5.41) is 0. The molecule has 0 aliphatic rings. The third kappa shape index (κ3) is 4.18. The van der Waals surface area contributed by atoms with Crippen molar-refractivity contribution in [1.82, 2.24) is 4.53 Å². The number of methoxy groups -OCH3 is 1. The largest absolute Gasteiger partial charge is 0.497 e. The Labute approximate surface area is 120 Å². The van der Waals surface area contributed by atoms with Crippen molar-refractivity contribution in [3.8, 4) is 5.75 Å². The average molecular weight is 303 g/mol. The first-order valence-corrected chi connectivity index (χ1v) is 8.21.